The van der Waals surface area contributed by atoms with Gasteiger partial charge in [0.1, 0.15) is 18.2 Å². The quantitative estimate of drug-likeness (QED) is 0.182. The van der Waals surface area contributed by atoms with Gasteiger partial charge in [-0.2, -0.15) is 5.26 Å². The maximum Gasteiger partial charge on any atom is 0.305 e. The number of amides is 1. The number of fused-ring (bicyclic) bond motifs is 1. The van der Waals surface area contributed by atoms with Crippen LogP contribution < -0.4 is 10.2 Å². The van der Waals surface area contributed by atoms with E-state index in [0.717, 1.165) is 29.4 Å². The van der Waals surface area contributed by atoms with Crippen molar-refractivity contribution in [3.8, 4) is 6.07 Å². The summed E-state index contributed by atoms with van der Waals surface area (Å²) in [5, 5.41) is 22.8. The molecule has 1 aliphatic heterocycles. The lowest BCUT2D eigenvalue weighted by molar-refractivity contribution is -0.145. The van der Waals surface area contributed by atoms with Crippen LogP contribution in [0, 0.1) is 11.3 Å². The average Bonchev–Trinajstić information content (AvgIpc) is 2.91. The number of ether oxygens (including phenoxy) is 2. The van der Waals surface area contributed by atoms with E-state index in [-0.39, 0.29) is 51.2 Å². The standard InChI is InChI=1S/C28H33N3O6/c29-20-24(28(35)30-11-14-36-15-16-37-27(34)6-4-5-26(32)33)18-21-7-8-23-19-25(10-9-22(23)17-21)31-12-2-1-3-13-31/h7-10,17-19H,1-6,11-16H2,(H,30,35)(H,32,33)/b24-18+. The highest BCUT2D eigenvalue weighted by Gasteiger charge is 2.12. The zero-order valence-corrected chi connectivity index (χ0v) is 20.9. The highest BCUT2D eigenvalue weighted by molar-refractivity contribution is 6.02. The Hall–Kier alpha value is -3.90. The molecule has 0 spiro atoms. The summed E-state index contributed by atoms with van der Waals surface area (Å²) in [5.41, 5.74) is 2.00. The lowest BCUT2D eigenvalue weighted by Gasteiger charge is -2.29. The summed E-state index contributed by atoms with van der Waals surface area (Å²) in [6.07, 6.45) is 5.50. The number of piperidine rings is 1. The molecule has 0 saturated carbocycles. The SMILES string of the molecule is N#C/C(=C\c1ccc2cc(N3CCCCC3)ccc2c1)C(=O)NCCOCCOC(=O)CCCC(=O)O. The Morgan fingerprint density at radius 1 is 1.00 bits per heavy atom. The molecular formula is C28H33N3O6. The highest BCUT2D eigenvalue weighted by atomic mass is 16.6. The monoisotopic (exact) mass is 507 g/mol. The van der Waals surface area contributed by atoms with E-state index in [1.54, 1.807) is 6.08 Å². The molecule has 2 N–H and O–H groups in total. The van der Waals surface area contributed by atoms with E-state index < -0.39 is 17.8 Å². The molecule has 0 aromatic heterocycles. The number of esters is 1. The number of anilines is 1. The number of hydrogen-bond acceptors (Lipinski definition) is 7. The smallest absolute Gasteiger partial charge is 0.305 e. The second-order valence-electron chi connectivity index (χ2n) is 8.84. The van der Waals surface area contributed by atoms with Gasteiger partial charge in [0.2, 0.25) is 0 Å². The maximum absolute atomic E-state index is 12.4. The van der Waals surface area contributed by atoms with Gasteiger partial charge < -0.3 is 24.8 Å². The molecule has 1 aliphatic rings. The molecule has 2 aromatic carbocycles. The van der Waals surface area contributed by atoms with Gasteiger partial charge in [0.05, 0.1) is 13.2 Å². The second kappa shape index (κ2) is 14.6. The van der Waals surface area contributed by atoms with Crippen molar-refractivity contribution in [2.45, 2.75) is 38.5 Å². The molecule has 2 aromatic rings. The topological polar surface area (TPSA) is 129 Å². The first-order chi connectivity index (χ1) is 18.0. The molecule has 1 saturated heterocycles. The molecular weight excluding hydrogens is 474 g/mol. The van der Waals surface area contributed by atoms with Crippen LogP contribution in [0.25, 0.3) is 16.8 Å². The molecule has 9 heteroatoms. The third kappa shape index (κ3) is 9.24. The number of nitriles is 1. The summed E-state index contributed by atoms with van der Waals surface area (Å²) < 4.78 is 10.3. The van der Waals surface area contributed by atoms with Gasteiger partial charge in [-0.15, -0.1) is 0 Å². The molecule has 37 heavy (non-hydrogen) atoms. The Morgan fingerprint density at radius 2 is 1.76 bits per heavy atom. The molecule has 1 fully saturated rings. The van der Waals surface area contributed by atoms with E-state index in [9.17, 15) is 19.6 Å². The summed E-state index contributed by atoms with van der Waals surface area (Å²) >= 11 is 0. The van der Waals surface area contributed by atoms with Gasteiger partial charge in [0.15, 0.2) is 0 Å². The third-order valence-electron chi connectivity index (χ3n) is 6.04. The zero-order chi connectivity index (χ0) is 26.5. The van der Waals surface area contributed by atoms with Crippen LogP contribution in [-0.2, 0) is 23.9 Å². The number of hydrogen-bond donors (Lipinski definition) is 2. The number of carboxylic acid groups (broad SMARTS) is 1. The van der Waals surface area contributed by atoms with Crippen LogP contribution in [-0.4, -0.2) is 62.4 Å². The van der Waals surface area contributed by atoms with Crippen LogP contribution in [0.2, 0.25) is 0 Å². The van der Waals surface area contributed by atoms with Crippen LogP contribution in [0.4, 0.5) is 5.69 Å². The Kier molecular flexibility index (Phi) is 10.9. The number of nitrogens with one attached hydrogen (secondary N) is 1. The molecule has 0 atom stereocenters. The molecule has 0 bridgehead atoms. The van der Waals surface area contributed by atoms with E-state index >= 15 is 0 Å². The minimum absolute atomic E-state index is 0.000391. The number of rotatable bonds is 13. The summed E-state index contributed by atoms with van der Waals surface area (Å²) in [6.45, 7) is 2.75. The number of aliphatic carboxylic acids is 1. The summed E-state index contributed by atoms with van der Waals surface area (Å²) in [4.78, 5) is 36.7. The van der Waals surface area contributed by atoms with E-state index in [1.807, 2.05) is 24.3 Å². The van der Waals surface area contributed by atoms with Gasteiger partial charge >= 0.3 is 11.9 Å². The first kappa shape index (κ1) is 27.7. The predicted octanol–water partition coefficient (Wildman–Crippen LogP) is 3.67. The second-order valence-corrected chi connectivity index (χ2v) is 8.84. The maximum atomic E-state index is 12.4. The van der Waals surface area contributed by atoms with Crippen molar-refractivity contribution in [2.75, 3.05) is 44.4 Å². The molecule has 0 aliphatic carbocycles. The number of nitrogens with zero attached hydrogens (tertiary/aromatic N) is 2. The lowest BCUT2D eigenvalue weighted by atomic mass is 10.0. The fraction of sp³-hybridized carbons (Fsp3) is 0.429. The molecule has 0 radical (unpaired) electrons. The first-order valence-electron chi connectivity index (χ1n) is 12.6. The molecule has 196 valence electrons. The van der Waals surface area contributed by atoms with Crippen LogP contribution in [0.5, 0.6) is 0 Å². The summed E-state index contributed by atoms with van der Waals surface area (Å²) in [6, 6.07) is 14.2. The lowest BCUT2D eigenvalue weighted by Crippen LogP contribution is -2.29. The highest BCUT2D eigenvalue weighted by Crippen LogP contribution is 2.26. The van der Waals surface area contributed by atoms with Gasteiger partial charge in [-0.25, -0.2) is 0 Å². The van der Waals surface area contributed by atoms with Gasteiger partial charge in [0.25, 0.3) is 5.91 Å². The van der Waals surface area contributed by atoms with Crippen molar-refractivity contribution in [1.82, 2.24) is 5.32 Å². The van der Waals surface area contributed by atoms with Gasteiger partial charge in [-0.3, -0.25) is 14.4 Å². The van der Waals surface area contributed by atoms with E-state index in [2.05, 4.69) is 28.4 Å². The van der Waals surface area contributed by atoms with Crippen LogP contribution >= 0.6 is 0 Å². The Balaban J connectivity index is 1.42. The van der Waals surface area contributed by atoms with Gasteiger partial charge in [-0.1, -0.05) is 18.2 Å². The fourth-order valence-electron chi connectivity index (χ4n) is 4.11. The zero-order valence-electron chi connectivity index (χ0n) is 20.9. The van der Waals surface area contributed by atoms with Crippen molar-refractivity contribution < 1.29 is 29.0 Å². The van der Waals surface area contributed by atoms with Crippen LogP contribution in [0.15, 0.2) is 42.0 Å². The average molecular weight is 508 g/mol. The van der Waals surface area contributed by atoms with Gasteiger partial charge in [-0.05, 0) is 66.3 Å². The summed E-state index contributed by atoms with van der Waals surface area (Å²) in [5.74, 6) is -1.92. The predicted molar refractivity (Wildman–Crippen MR) is 140 cm³/mol. The molecule has 3 rings (SSSR count). The van der Waals surface area contributed by atoms with Crippen LogP contribution in [0.3, 0.4) is 0 Å². The van der Waals surface area contributed by atoms with E-state index in [1.165, 1.54) is 24.9 Å². The van der Waals surface area contributed by atoms with Gasteiger partial charge in [0, 0.05) is 38.2 Å². The van der Waals surface area contributed by atoms with Crippen molar-refractivity contribution in [1.29, 1.82) is 5.26 Å². The number of carboxylic acids is 1. The van der Waals surface area contributed by atoms with Crippen molar-refractivity contribution >= 4 is 40.4 Å². The van der Waals surface area contributed by atoms with Crippen molar-refractivity contribution in [3.63, 3.8) is 0 Å². The molecule has 9 nitrogen and oxygen atoms in total. The molecule has 0 unspecified atom stereocenters. The van der Waals surface area contributed by atoms with E-state index in [0.29, 0.717) is 0 Å². The normalized spacial score (nSPS) is 13.7. The Morgan fingerprint density at radius 3 is 2.51 bits per heavy atom. The molecule has 1 heterocycles. The van der Waals surface area contributed by atoms with Crippen molar-refractivity contribution in [2.24, 2.45) is 0 Å². The van der Waals surface area contributed by atoms with E-state index in [4.69, 9.17) is 14.6 Å². The first-order valence-corrected chi connectivity index (χ1v) is 12.6. The minimum atomic E-state index is -0.952. The number of carbonyl (C=O) groups excluding carboxylic acids is 2. The number of benzene rings is 2. The van der Waals surface area contributed by atoms with Crippen LogP contribution in [0.1, 0.15) is 44.1 Å². The van der Waals surface area contributed by atoms with Crippen molar-refractivity contribution in [3.05, 3.63) is 47.5 Å². The minimum Gasteiger partial charge on any atom is -0.481 e. The number of carbonyl (C=O) groups is 3. The molecule has 1 amide bonds. The Bertz CT molecular complexity index is 1160. The third-order valence-corrected chi connectivity index (χ3v) is 6.04. The fourth-order valence-corrected chi connectivity index (χ4v) is 4.11. The Labute approximate surface area is 216 Å². The largest absolute Gasteiger partial charge is 0.481 e. The summed E-state index contributed by atoms with van der Waals surface area (Å²) in [7, 11) is 0.